The Morgan fingerprint density at radius 1 is 1.29 bits per heavy atom. The third-order valence-electron chi connectivity index (χ3n) is 3.31. The van der Waals surface area contributed by atoms with Crippen molar-refractivity contribution in [2.45, 2.75) is 30.2 Å². The van der Waals surface area contributed by atoms with Crippen LogP contribution in [0.4, 0.5) is 0 Å². The molecule has 21 heavy (non-hydrogen) atoms. The highest BCUT2D eigenvalue weighted by Gasteiger charge is 2.38. The van der Waals surface area contributed by atoms with Crippen LogP contribution in [0.3, 0.4) is 0 Å². The van der Waals surface area contributed by atoms with Crippen LogP contribution >= 0.6 is 39.1 Å². The van der Waals surface area contributed by atoms with E-state index < -0.39 is 22.0 Å². The van der Waals surface area contributed by atoms with Gasteiger partial charge >= 0.3 is 0 Å². The molecule has 1 atom stereocenters. The van der Waals surface area contributed by atoms with Crippen LogP contribution in [0.2, 0.25) is 10.0 Å². The van der Waals surface area contributed by atoms with E-state index in [1.165, 1.54) is 12.1 Å². The largest absolute Gasteiger partial charge is 0.368 e. The van der Waals surface area contributed by atoms with Gasteiger partial charge in [0.2, 0.25) is 15.9 Å². The van der Waals surface area contributed by atoms with E-state index in [0.717, 1.165) is 10.7 Å². The Kier molecular flexibility index (Phi) is 5.20. The van der Waals surface area contributed by atoms with E-state index in [1.807, 2.05) is 0 Å². The maximum absolute atomic E-state index is 12.8. The molecule has 0 aromatic heterocycles. The Bertz CT molecular complexity index is 658. The number of nitrogens with zero attached hydrogens (tertiary/aromatic N) is 1. The number of rotatable bonds is 3. The van der Waals surface area contributed by atoms with Gasteiger partial charge in [0.1, 0.15) is 10.9 Å². The van der Waals surface area contributed by atoms with Gasteiger partial charge in [0, 0.05) is 11.0 Å². The molecule has 1 aliphatic rings. The summed E-state index contributed by atoms with van der Waals surface area (Å²) in [5.74, 6) is -0.664. The van der Waals surface area contributed by atoms with Crippen LogP contribution in [0.25, 0.3) is 0 Å². The number of carbonyl (C=O) groups excluding carboxylic acids is 1. The van der Waals surface area contributed by atoms with Crippen molar-refractivity contribution in [3.8, 4) is 0 Å². The van der Waals surface area contributed by atoms with Crippen LogP contribution < -0.4 is 5.73 Å². The Hall–Kier alpha value is -0.340. The second-order valence-electron chi connectivity index (χ2n) is 4.73. The van der Waals surface area contributed by atoms with Crippen molar-refractivity contribution in [1.82, 2.24) is 4.31 Å². The minimum Gasteiger partial charge on any atom is -0.368 e. The van der Waals surface area contributed by atoms with Crippen LogP contribution in [0.1, 0.15) is 19.3 Å². The average Bonchev–Trinajstić information content (AvgIpc) is 2.37. The summed E-state index contributed by atoms with van der Waals surface area (Å²) in [6.07, 6.45) is 1.82. The van der Waals surface area contributed by atoms with Crippen LogP contribution in [-0.4, -0.2) is 31.2 Å². The van der Waals surface area contributed by atoms with Gasteiger partial charge < -0.3 is 5.73 Å². The number of carbonyl (C=O) groups is 1. The summed E-state index contributed by atoms with van der Waals surface area (Å²) in [7, 11) is -3.99. The number of benzene rings is 1. The normalized spacial score (nSPS) is 20.4. The first kappa shape index (κ1) is 17.0. The third-order valence-corrected chi connectivity index (χ3v) is 6.60. The first-order valence-corrected chi connectivity index (χ1v) is 9.19. The third kappa shape index (κ3) is 3.37. The first-order chi connectivity index (χ1) is 9.75. The number of sulfonamides is 1. The minimum atomic E-state index is -3.99. The van der Waals surface area contributed by atoms with Crippen molar-refractivity contribution in [3.05, 3.63) is 26.7 Å². The molecule has 2 rings (SSSR count). The predicted molar refractivity (Wildman–Crippen MR) is 84.9 cm³/mol. The Morgan fingerprint density at radius 3 is 2.38 bits per heavy atom. The van der Waals surface area contributed by atoms with Crippen molar-refractivity contribution in [2.24, 2.45) is 5.73 Å². The van der Waals surface area contributed by atoms with Crippen LogP contribution in [0.5, 0.6) is 0 Å². The lowest BCUT2D eigenvalue weighted by molar-refractivity contribution is -0.122. The zero-order valence-corrected chi connectivity index (χ0v) is 14.8. The van der Waals surface area contributed by atoms with Gasteiger partial charge in [0.15, 0.2) is 0 Å². The number of nitrogens with two attached hydrogens (primary N) is 1. The molecule has 0 spiro atoms. The predicted octanol–water partition coefficient (Wildman–Crippen LogP) is 2.78. The standard InChI is InChI=1S/C12H13BrCl2N2O3S/c13-7-5-8(14)11(9(15)6-7)21(19,20)17-4-2-1-3-10(17)12(16)18/h5-6,10H,1-4H2,(H2,16,18). The molecule has 116 valence electrons. The Balaban J connectivity index is 2.53. The topological polar surface area (TPSA) is 80.5 Å². The lowest BCUT2D eigenvalue weighted by Crippen LogP contribution is -2.50. The number of amides is 1. The lowest BCUT2D eigenvalue weighted by atomic mass is 10.0. The second-order valence-corrected chi connectivity index (χ2v) is 8.29. The molecule has 1 saturated heterocycles. The van der Waals surface area contributed by atoms with Gasteiger partial charge in [-0.25, -0.2) is 8.42 Å². The van der Waals surface area contributed by atoms with Gasteiger partial charge in [0.05, 0.1) is 10.0 Å². The van der Waals surface area contributed by atoms with Gasteiger partial charge in [0.25, 0.3) is 0 Å². The maximum Gasteiger partial charge on any atom is 0.246 e. The van der Waals surface area contributed by atoms with E-state index in [9.17, 15) is 13.2 Å². The van der Waals surface area contributed by atoms with Crippen molar-refractivity contribution in [2.75, 3.05) is 6.54 Å². The van der Waals surface area contributed by atoms with Crippen molar-refractivity contribution in [1.29, 1.82) is 0 Å². The number of piperidine rings is 1. The number of hydrogen-bond donors (Lipinski definition) is 1. The fraction of sp³-hybridized carbons (Fsp3) is 0.417. The average molecular weight is 416 g/mol. The molecule has 1 heterocycles. The molecular weight excluding hydrogens is 403 g/mol. The monoisotopic (exact) mass is 414 g/mol. The van der Waals surface area contributed by atoms with Gasteiger partial charge in [-0.2, -0.15) is 4.31 Å². The van der Waals surface area contributed by atoms with Crippen LogP contribution in [-0.2, 0) is 14.8 Å². The van der Waals surface area contributed by atoms with Crippen LogP contribution in [0, 0.1) is 0 Å². The summed E-state index contributed by atoms with van der Waals surface area (Å²) >= 11 is 15.3. The highest BCUT2D eigenvalue weighted by Crippen LogP contribution is 2.36. The minimum absolute atomic E-state index is 0.00293. The quantitative estimate of drug-likeness (QED) is 0.823. The van der Waals surface area contributed by atoms with Gasteiger partial charge in [-0.3, -0.25) is 4.79 Å². The summed E-state index contributed by atoms with van der Waals surface area (Å²) in [6.45, 7) is 0.221. The van der Waals surface area contributed by atoms with Crippen LogP contribution in [0.15, 0.2) is 21.5 Å². The van der Waals surface area contributed by atoms with Gasteiger partial charge in [-0.05, 0) is 25.0 Å². The molecule has 0 radical (unpaired) electrons. The first-order valence-electron chi connectivity index (χ1n) is 6.21. The summed E-state index contributed by atoms with van der Waals surface area (Å²) in [5.41, 5.74) is 5.31. The molecule has 1 unspecified atom stereocenters. The van der Waals surface area contributed by atoms with E-state index in [2.05, 4.69) is 15.9 Å². The van der Waals surface area contributed by atoms with Crippen molar-refractivity contribution < 1.29 is 13.2 Å². The fourth-order valence-corrected chi connectivity index (χ4v) is 5.92. The SMILES string of the molecule is NC(=O)C1CCCCN1S(=O)(=O)c1c(Cl)cc(Br)cc1Cl. The van der Waals surface area contributed by atoms with E-state index in [0.29, 0.717) is 17.3 Å². The Morgan fingerprint density at radius 2 is 1.86 bits per heavy atom. The molecule has 0 bridgehead atoms. The molecule has 0 saturated carbocycles. The molecule has 5 nitrogen and oxygen atoms in total. The van der Waals surface area contributed by atoms with Crippen molar-refractivity contribution >= 4 is 55.1 Å². The lowest BCUT2D eigenvalue weighted by Gasteiger charge is -2.33. The zero-order valence-electron chi connectivity index (χ0n) is 10.9. The number of halogens is 3. The zero-order chi connectivity index (χ0) is 15.8. The maximum atomic E-state index is 12.8. The highest BCUT2D eigenvalue weighted by atomic mass is 79.9. The second kappa shape index (κ2) is 6.42. The summed E-state index contributed by atoms with van der Waals surface area (Å²) < 4.78 is 27.2. The molecule has 9 heteroatoms. The molecule has 1 aliphatic heterocycles. The molecule has 0 aliphatic carbocycles. The van der Waals surface area contributed by atoms with Gasteiger partial charge in [-0.15, -0.1) is 0 Å². The molecule has 2 N–H and O–H groups in total. The Labute approximate surface area is 141 Å². The smallest absolute Gasteiger partial charge is 0.246 e. The molecule has 1 aromatic rings. The van der Waals surface area contributed by atoms with E-state index in [1.54, 1.807) is 0 Å². The molecule has 1 aromatic carbocycles. The molecular formula is C12H13BrCl2N2O3S. The van der Waals surface area contributed by atoms with E-state index in [-0.39, 0.29) is 21.5 Å². The van der Waals surface area contributed by atoms with E-state index >= 15 is 0 Å². The number of hydrogen-bond acceptors (Lipinski definition) is 3. The summed E-state index contributed by atoms with van der Waals surface area (Å²) in [5, 5.41) is 0.00587. The summed E-state index contributed by atoms with van der Waals surface area (Å²) in [6, 6.07) is 2.03. The summed E-state index contributed by atoms with van der Waals surface area (Å²) in [4.78, 5) is 11.3. The molecule has 1 fully saturated rings. The fourth-order valence-electron chi connectivity index (χ4n) is 2.37. The highest BCUT2D eigenvalue weighted by molar-refractivity contribution is 9.10. The van der Waals surface area contributed by atoms with Crippen molar-refractivity contribution in [3.63, 3.8) is 0 Å². The molecule has 1 amide bonds. The van der Waals surface area contributed by atoms with E-state index in [4.69, 9.17) is 28.9 Å². The number of primary amides is 1. The van der Waals surface area contributed by atoms with Gasteiger partial charge in [-0.1, -0.05) is 45.6 Å².